The van der Waals surface area contributed by atoms with E-state index in [0.29, 0.717) is 0 Å². The first-order chi connectivity index (χ1) is 5.52. The maximum Gasteiger partial charge on any atom is 0.160 e. The molecule has 0 aliphatic rings. The van der Waals surface area contributed by atoms with E-state index in [2.05, 4.69) is 38.5 Å². The molecule has 0 saturated carbocycles. The summed E-state index contributed by atoms with van der Waals surface area (Å²) in [5, 5.41) is 0. The van der Waals surface area contributed by atoms with Gasteiger partial charge in [-0.25, -0.2) is 0 Å². The molecule has 0 aliphatic heterocycles. The van der Waals surface area contributed by atoms with E-state index in [1.807, 2.05) is 19.1 Å². The van der Waals surface area contributed by atoms with Gasteiger partial charge in [0, 0.05) is 13.6 Å². The summed E-state index contributed by atoms with van der Waals surface area (Å²) >= 11 is 5.58. The van der Waals surface area contributed by atoms with Crippen molar-refractivity contribution in [3.8, 4) is 0 Å². The highest BCUT2D eigenvalue weighted by Crippen LogP contribution is 2.22. The van der Waals surface area contributed by atoms with Crippen molar-refractivity contribution in [2.24, 2.45) is 0 Å². The molecule has 1 nitrogen and oxygen atoms in total. The standard InChI is InChI=1S/C9H8BrIO/c1-5-3-7(6(2)12)9(11)4-8(5)10/h3-4H,1-2H3. The van der Waals surface area contributed by atoms with Crippen molar-refractivity contribution in [1.29, 1.82) is 0 Å². The molecule has 12 heavy (non-hydrogen) atoms. The second kappa shape index (κ2) is 3.87. The van der Waals surface area contributed by atoms with Crippen molar-refractivity contribution in [1.82, 2.24) is 0 Å². The first-order valence-corrected chi connectivity index (χ1v) is 5.36. The summed E-state index contributed by atoms with van der Waals surface area (Å²) < 4.78 is 2.05. The Labute approximate surface area is 93.8 Å². The Bertz CT molecular complexity index is 334. The molecule has 0 spiro atoms. The van der Waals surface area contributed by atoms with E-state index in [0.717, 1.165) is 19.2 Å². The topological polar surface area (TPSA) is 17.1 Å². The minimum Gasteiger partial charge on any atom is -0.294 e. The molecule has 0 aliphatic carbocycles. The maximum absolute atomic E-state index is 11.1. The summed E-state index contributed by atoms with van der Waals surface area (Å²) in [6, 6.07) is 3.88. The number of carbonyl (C=O) groups is 1. The quantitative estimate of drug-likeness (QED) is 0.565. The molecule has 0 saturated heterocycles. The van der Waals surface area contributed by atoms with Crippen LogP contribution in [0, 0.1) is 10.5 Å². The van der Waals surface area contributed by atoms with Crippen LogP contribution >= 0.6 is 38.5 Å². The van der Waals surface area contributed by atoms with Gasteiger partial charge < -0.3 is 0 Å². The SMILES string of the molecule is CC(=O)c1cc(C)c(Br)cc1I. The van der Waals surface area contributed by atoms with Gasteiger partial charge in [-0.15, -0.1) is 0 Å². The molecule has 0 heterocycles. The zero-order valence-corrected chi connectivity index (χ0v) is 10.6. The molecular formula is C9H8BrIO. The number of carbonyl (C=O) groups excluding carboxylic acids is 1. The fourth-order valence-electron chi connectivity index (χ4n) is 0.927. The van der Waals surface area contributed by atoms with Gasteiger partial charge in [-0.1, -0.05) is 15.9 Å². The van der Waals surface area contributed by atoms with Crippen LogP contribution in [0.2, 0.25) is 0 Å². The molecular weight excluding hydrogens is 331 g/mol. The minimum atomic E-state index is 0.120. The molecule has 64 valence electrons. The van der Waals surface area contributed by atoms with Crippen molar-refractivity contribution in [2.75, 3.05) is 0 Å². The van der Waals surface area contributed by atoms with E-state index < -0.39 is 0 Å². The van der Waals surface area contributed by atoms with Crippen molar-refractivity contribution in [2.45, 2.75) is 13.8 Å². The highest BCUT2D eigenvalue weighted by molar-refractivity contribution is 14.1. The second-order valence-corrected chi connectivity index (χ2v) is 4.65. The largest absolute Gasteiger partial charge is 0.294 e. The third kappa shape index (κ3) is 2.07. The average molecular weight is 339 g/mol. The number of aryl methyl sites for hydroxylation is 1. The lowest BCUT2D eigenvalue weighted by molar-refractivity contribution is 0.101. The van der Waals surface area contributed by atoms with Crippen LogP contribution in [0.25, 0.3) is 0 Å². The van der Waals surface area contributed by atoms with Gasteiger partial charge in [0.25, 0.3) is 0 Å². The van der Waals surface area contributed by atoms with Gasteiger partial charge in [-0.3, -0.25) is 4.79 Å². The summed E-state index contributed by atoms with van der Waals surface area (Å²) in [4.78, 5) is 11.1. The highest BCUT2D eigenvalue weighted by Gasteiger charge is 2.06. The summed E-state index contributed by atoms with van der Waals surface area (Å²) in [5.41, 5.74) is 1.90. The summed E-state index contributed by atoms with van der Waals surface area (Å²) in [7, 11) is 0. The molecule has 0 aromatic heterocycles. The van der Waals surface area contributed by atoms with E-state index >= 15 is 0 Å². The lowest BCUT2D eigenvalue weighted by Gasteiger charge is -2.03. The van der Waals surface area contributed by atoms with Gasteiger partial charge in [0.15, 0.2) is 5.78 Å². The Morgan fingerprint density at radius 3 is 2.58 bits per heavy atom. The van der Waals surface area contributed by atoms with E-state index in [-0.39, 0.29) is 5.78 Å². The van der Waals surface area contributed by atoms with Crippen LogP contribution in [-0.4, -0.2) is 5.78 Å². The summed E-state index contributed by atoms with van der Waals surface area (Å²) in [6.07, 6.45) is 0. The lowest BCUT2D eigenvalue weighted by Crippen LogP contribution is -1.96. The molecule has 1 aromatic rings. The molecule has 1 rings (SSSR count). The minimum absolute atomic E-state index is 0.120. The first kappa shape index (κ1) is 10.2. The number of halogens is 2. The molecule has 1 aromatic carbocycles. The van der Waals surface area contributed by atoms with E-state index in [4.69, 9.17) is 0 Å². The van der Waals surface area contributed by atoms with Crippen LogP contribution in [0.4, 0.5) is 0 Å². The zero-order chi connectivity index (χ0) is 9.30. The van der Waals surface area contributed by atoms with Gasteiger partial charge >= 0.3 is 0 Å². The van der Waals surface area contributed by atoms with E-state index in [9.17, 15) is 4.79 Å². The number of benzene rings is 1. The molecule has 0 N–H and O–H groups in total. The van der Waals surface area contributed by atoms with E-state index in [1.165, 1.54) is 0 Å². The lowest BCUT2D eigenvalue weighted by atomic mass is 10.1. The third-order valence-electron chi connectivity index (χ3n) is 1.63. The first-order valence-electron chi connectivity index (χ1n) is 3.49. The van der Waals surface area contributed by atoms with Crippen LogP contribution < -0.4 is 0 Å². The summed E-state index contributed by atoms with van der Waals surface area (Å²) in [5.74, 6) is 0.120. The highest BCUT2D eigenvalue weighted by atomic mass is 127. The number of ketones is 1. The second-order valence-electron chi connectivity index (χ2n) is 2.64. The smallest absolute Gasteiger partial charge is 0.160 e. The van der Waals surface area contributed by atoms with Crippen LogP contribution in [-0.2, 0) is 0 Å². The molecule has 0 unspecified atom stereocenters. The number of hydrogen-bond acceptors (Lipinski definition) is 1. The van der Waals surface area contributed by atoms with Gasteiger partial charge in [0.05, 0.1) is 0 Å². The Morgan fingerprint density at radius 1 is 1.50 bits per heavy atom. The summed E-state index contributed by atoms with van der Waals surface area (Å²) in [6.45, 7) is 3.57. The predicted octanol–water partition coefficient (Wildman–Crippen LogP) is 3.56. The van der Waals surface area contributed by atoms with Crippen molar-refractivity contribution < 1.29 is 4.79 Å². The van der Waals surface area contributed by atoms with Crippen molar-refractivity contribution in [3.63, 3.8) is 0 Å². The van der Waals surface area contributed by atoms with E-state index in [1.54, 1.807) is 6.92 Å². The Hall–Kier alpha value is 0.1000. The van der Waals surface area contributed by atoms with Gasteiger partial charge in [0.2, 0.25) is 0 Å². The van der Waals surface area contributed by atoms with Gasteiger partial charge in [-0.05, 0) is 54.1 Å². The molecule has 0 amide bonds. The molecule has 3 heteroatoms. The maximum atomic E-state index is 11.1. The molecule has 0 radical (unpaired) electrons. The normalized spacial score (nSPS) is 10.0. The third-order valence-corrected chi connectivity index (χ3v) is 3.37. The number of hydrogen-bond donors (Lipinski definition) is 0. The van der Waals surface area contributed by atoms with Gasteiger partial charge in [-0.2, -0.15) is 0 Å². The van der Waals surface area contributed by atoms with Crippen molar-refractivity contribution in [3.05, 3.63) is 31.3 Å². The predicted molar refractivity (Wildman–Crippen MR) is 61.6 cm³/mol. The monoisotopic (exact) mass is 338 g/mol. The van der Waals surface area contributed by atoms with Crippen LogP contribution in [0.3, 0.4) is 0 Å². The fraction of sp³-hybridized carbons (Fsp3) is 0.222. The van der Waals surface area contributed by atoms with Gasteiger partial charge in [0.1, 0.15) is 0 Å². The molecule has 0 fully saturated rings. The molecule has 0 atom stereocenters. The van der Waals surface area contributed by atoms with Crippen molar-refractivity contribution >= 4 is 44.3 Å². The van der Waals surface area contributed by atoms with Crippen LogP contribution in [0.5, 0.6) is 0 Å². The van der Waals surface area contributed by atoms with Crippen LogP contribution in [0.1, 0.15) is 22.8 Å². The number of Topliss-reactive ketones (excluding diaryl/α,β-unsaturated/α-hetero) is 1. The van der Waals surface area contributed by atoms with Crippen LogP contribution in [0.15, 0.2) is 16.6 Å². The molecule has 0 bridgehead atoms. The number of rotatable bonds is 1. The average Bonchev–Trinajstić information content (AvgIpc) is 1.96. The Morgan fingerprint density at radius 2 is 2.08 bits per heavy atom. The Balaban J connectivity index is 3.33. The Kier molecular flexibility index (Phi) is 3.29. The fourth-order valence-corrected chi connectivity index (χ4v) is 2.55. The zero-order valence-electron chi connectivity index (χ0n) is 6.82.